The van der Waals surface area contributed by atoms with Crippen LogP contribution in [0.1, 0.15) is 19.4 Å². The molecule has 0 aliphatic carbocycles. The average molecular weight is 287 g/mol. The van der Waals surface area contributed by atoms with Gasteiger partial charge in [0.25, 0.3) is 0 Å². The Hall–Kier alpha value is -1.65. The van der Waals surface area contributed by atoms with E-state index in [-0.39, 0.29) is 6.10 Å². The maximum atomic E-state index is 12.8. The lowest BCUT2D eigenvalue weighted by molar-refractivity contribution is 0.236. The highest BCUT2D eigenvalue weighted by atomic mass is 32.2. The zero-order valence-electron chi connectivity index (χ0n) is 11.6. The van der Waals surface area contributed by atoms with Crippen LogP contribution in [-0.2, 0) is 17.9 Å². The second-order valence-electron chi connectivity index (χ2n) is 5.03. The highest BCUT2D eigenvalue weighted by Crippen LogP contribution is 2.40. The Kier molecular flexibility index (Phi) is 3.59. The van der Waals surface area contributed by atoms with Crippen molar-refractivity contribution in [1.82, 2.24) is 0 Å². The number of hydrogen-bond donors (Lipinski definition) is 0. The van der Waals surface area contributed by atoms with Crippen molar-refractivity contribution in [3.05, 3.63) is 54.1 Å². The third kappa shape index (κ3) is 2.37. The Labute approximate surface area is 122 Å². The molecule has 0 saturated carbocycles. The van der Waals surface area contributed by atoms with Gasteiger partial charge in [-0.25, -0.2) is 0 Å². The summed E-state index contributed by atoms with van der Waals surface area (Å²) in [6, 6.07) is 15.7. The van der Waals surface area contributed by atoms with Crippen molar-refractivity contribution >= 4 is 17.0 Å². The highest BCUT2D eigenvalue weighted by molar-refractivity contribution is 7.93. The lowest BCUT2D eigenvalue weighted by Gasteiger charge is -2.19. The van der Waals surface area contributed by atoms with Crippen LogP contribution in [0.3, 0.4) is 0 Å². The van der Waals surface area contributed by atoms with E-state index in [2.05, 4.69) is 0 Å². The summed E-state index contributed by atoms with van der Waals surface area (Å²) in [4.78, 5) is 0.810. The van der Waals surface area contributed by atoms with E-state index in [0.717, 1.165) is 21.9 Å². The van der Waals surface area contributed by atoms with Crippen LogP contribution in [0.15, 0.2) is 53.4 Å². The van der Waals surface area contributed by atoms with Crippen molar-refractivity contribution < 1.29 is 9.29 Å². The van der Waals surface area contributed by atoms with E-state index in [1.165, 1.54) is 0 Å². The van der Waals surface area contributed by atoms with Gasteiger partial charge in [-0.05, 0) is 32.0 Å². The first-order valence-corrected chi connectivity index (χ1v) is 7.80. The molecule has 0 spiro atoms. The van der Waals surface area contributed by atoms with E-state index in [9.17, 15) is 4.55 Å². The fourth-order valence-electron chi connectivity index (χ4n) is 2.34. The predicted molar refractivity (Wildman–Crippen MR) is 81.2 cm³/mol. The quantitative estimate of drug-likeness (QED) is 0.810. The standard InChI is InChI=1S/C16H17NO2S/c1-12(2)19-15-10-6-7-13-11-17(20(18)16(13)15)14-8-4-3-5-9-14/h3-10,12H,11H2,1-2H3. The van der Waals surface area contributed by atoms with E-state index in [4.69, 9.17) is 4.74 Å². The van der Waals surface area contributed by atoms with E-state index in [1.807, 2.05) is 66.7 Å². The van der Waals surface area contributed by atoms with Gasteiger partial charge in [0, 0.05) is 5.56 Å². The molecule has 0 bridgehead atoms. The molecule has 1 atom stereocenters. The van der Waals surface area contributed by atoms with Gasteiger partial charge in [0.1, 0.15) is 11.4 Å². The zero-order valence-corrected chi connectivity index (χ0v) is 12.4. The van der Waals surface area contributed by atoms with Gasteiger partial charge in [0.05, 0.1) is 18.3 Å². The summed E-state index contributed by atoms with van der Waals surface area (Å²) in [6.07, 6.45) is 0.0734. The number of ether oxygens (including phenoxy) is 1. The molecular weight excluding hydrogens is 270 g/mol. The summed E-state index contributed by atoms with van der Waals surface area (Å²) in [7, 11) is 0. The van der Waals surface area contributed by atoms with E-state index in [0.29, 0.717) is 6.54 Å². The van der Waals surface area contributed by atoms with Gasteiger partial charge >= 0.3 is 0 Å². The van der Waals surface area contributed by atoms with Crippen molar-refractivity contribution in [1.29, 1.82) is 0 Å². The topological polar surface area (TPSA) is 35.5 Å². The first-order valence-electron chi connectivity index (χ1n) is 6.70. The highest BCUT2D eigenvalue weighted by Gasteiger charge is 2.37. The third-order valence-electron chi connectivity index (χ3n) is 3.16. The van der Waals surface area contributed by atoms with Gasteiger partial charge in [-0.1, -0.05) is 30.3 Å². The van der Waals surface area contributed by atoms with Crippen LogP contribution in [0.4, 0.5) is 5.69 Å². The zero-order chi connectivity index (χ0) is 14.1. The fourth-order valence-corrected chi connectivity index (χ4v) is 3.77. The minimum atomic E-state index is -1.21. The molecule has 0 amide bonds. The SMILES string of the molecule is CC(C)Oc1cccc2c1[S+]([O-])N(c1ccccc1)C2. The second kappa shape index (κ2) is 5.38. The molecule has 104 valence electrons. The second-order valence-corrected chi connectivity index (χ2v) is 6.38. The Morgan fingerprint density at radius 1 is 1.10 bits per heavy atom. The first-order chi connectivity index (χ1) is 9.66. The van der Waals surface area contributed by atoms with Crippen molar-refractivity contribution in [2.75, 3.05) is 4.31 Å². The van der Waals surface area contributed by atoms with E-state index in [1.54, 1.807) is 0 Å². The summed E-state index contributed by atoms with van der Waals surface area (Å²) < 4.78 is 20.4. The van der Waals surface area contributed by atoms with Gasteiger partial charge < -0.3 is 9.29 Å². The normalized spacial score (nSPS) is 17.4. The van der Waals surface area contributed by atoms with E-state index >= 15 is 0 Å². The molecule has 20 heavy (non-hydrogen) atoms. The molecule has 3 nitrogen and oxygen atoms in total. The summed E-state index contributed by atoms with van der Waals surface area (Å²) in [5.41, 5.74) is 2.04. The number of fused-ring (bicyclic) bond motifs is 1. The lowest BCUT2D eigenvalue weighted by atomic mass is 10.2. The molecule has 1 unspecified atom stereocenters. The van der Waals surface area contributed by atoms with Crippen LogP contribution < -0.4 is 9.04 Å². The van der Waals surface area contributed by atoms with Gasteiger partial charge in [-0.3, -0.25) is 0 Å². The minimum Gasteiger partial charge on any atom is -0.588 e. The first kappa shape index (κ1) is 13.3. The summed E-state index contributed by atoms with van der Waals surface area (Å²) in [5, 5.41) is 0. The molecule has 0 aromatic heterocycles. The molecule has 0 radical (unpaired) electrons. The molecule has 2 aromatic rings. The Morgan fingerprint density at radius 2 is 1.85 bits per heavy atom. The van der Waals surface area contributed by atoms with Crippen LogP contribution in [-0.4, -0.2) is 10.7 Å². The molecular formula is C16H17NO2S. The van der Waals surface area contributed by atoms with Gasteiger partial charge in [-0.15, -0.1) is 0 Å². The summed E-state index contributed by atoms with van der Waals surface area (Å²) in [5.74, 6) is 0.731. The molecule has 0 N–H and O–H groups in total. The average Bonchev–Trinajstić information content (AvgIpc) is 2.78. The Balaban J connectivity index is 1.96. The van der Waals surface area contributed by atoms with Crippen LogP contribution in [0, 0.1) is 0 Å². The molecule has 4 heteroatoms. The van der Waals surface area contributed by atoms with E-state index < -0.39 is 11.4 Å². The number of anilines is 1. The lowest BCUT2D eigenvalue weighted by Crippen LogP contribution is -2.24. The monoisotopic (exact) mass is 287 g/mol. The number of rotatable bonds is 3. The van der Waals surface area contributed by atoms with Crippen LogP contribution >= 0.6 is 0 Å². The fraction of sp³-hybridized carbons (Fsp3) is 0.250. The number of para-hydroxylation sites is 1. The number of nitrogens with zero attached hydrogens (tertiary/aromatic N) is 1. The molecule has 1 heterocycles. The smallest absolute Gasteiger partial charge is 0.226 e. The Morgan fingerprint density at radius 3 is 2.55 bits per heavy atom. The molecule has 1 aliphatic heterocycles. The Bertz CT molecular complexity index is 601. The van der Waals surface area contributed by atoms with Crippen LogP contribution in [0.5, 0.6) is 5.75 Å². The van der Waals surface area contributed by atoms with Crippen molar-refractivity contribution in [3.63, 3.8) is 0 Å². The largest absolute Gasteiger partial charge is 0.588 e. The maximum absolute atomic E-state index is 12.8. The third-order valence-corrected chi connectivity index (χ3v) is 4.71. The van der Waals surface area contributed by atoms with Crippen molar-refractivity contribution in [3.8, 4) is 5.75 Å². The van der Waals surface area contributed by atoms with Crippen molar-refractivity contribution in [2.45, 2.75) is 31.4 Å². The maximum Gasteiger partial charge on any atom is 0.226 e. The molecule has 0 fully saturated rings. The summed E-state index contributed by atoms with van der Waals surface area (Å²) >= 11 is -1.21. The van der Waals surface area contributed by atoms with Crippen LogP contribution in [0.25, 0.3) is 0 Å². The van der Waals surface area contributed by atoms with Gasteiger partial charge in [0.2, 0.25) is 4.90 Å². The number of hydrogen-bond acceptors (Lipinski definition) is 3. The van der Waals surface area contributed by atoms with Gasteiger partial charge in [0.15, 0.2) is 5.75 Å². The summed E-state index contributed by atoms with van der Waals surface area (Å²) in [6.45, 7) is 4.61. The molecule has 2 aromatic carbocycles. The molecule has 1 aliphatic rings. The number of benzene rings is 2. The molecule has 0 saturated heterocycles. The van der Waals surface area contributed by atoms with Gasteiger partial charge in [-0.2, -0.15) is 4.31 Å². The van der Waals surface area contributed by atoms with Crippen LogP contribution in [0.2, 0.25) is 0 Å². The van der Waals surface area contributed by atoms with Crippen molar-refractivity contribution in [2.24, 2.45) is 0 Å². The molecule has 3 rings (SSSR count). The minimum absolute atomic E-state index is 0.0734. The predicted octanol–water partition coefficient (Wildman–Crippen LogP) is 3.52.